The van der Waals surface area contributed by atoms with Crippen LogP contribution in [0, 0.1) is 11.6 Å². The summed E-state index contributed by atoms with van der Waals surface area (Å²) in [5, 5.41) is 3.73. The van der Waals surface area contributed by atoms with Crippen molar-refractivity contribution in [3.8, 4) is 5.75 Å². The van der Waals surface area contributed by atoms with Gasteiger partial charge in [-0.1, -0.05) is 11.6 Å². The quantitative estimate of drug-likeness (QED) is 0.879. The maximum atomic E-state index is 13.7. The lowest BCUT2D eigenvalue weighted by molar-refractivity contribution is 0.405. The Balaban J connectivity index is 2.12. The summed E-state index contributed by atoms with van der Waals surface area (Å²) >= 11 is 5.96. The molecule has 0 aromatic heterocycles. The van der Waals surface area contributed by atoms with Gasteiger partial charge in [0.25, 0.3) is 0 Å². The smallest absolute Gasteiger partial charge is 0.128 e. The third-order valence-electron chi connectivity index (χ3n) is 3.27. The molecule has 2 aromatic rings. The van der Waals surface area contributed by atoms with Crippen molar-refractivity contribution < 1.29 is 13.5 Å². The van der Waals surface area contributed by atoms with E-state index in [4.69, 9.17) is 16.3 Å². The molecule has 0 fully saturated rings. The maximum absolute atomic E-state index is 13.7. The minimum atomic E-state index is -0.458. The second-order valence-corrected chi connectivity index (χ2v) is 5.16. The number of nitrogens with one attached hydrogen (secondary N) is 1. The zero-order valence-corrected chi connectivity index (χ0v) is 12.5. The Labute approximate surface area is 127 Å². The molecule has 0 saturated heterocycles. The molecule has 5 heteroatoms. The molecule has 112 valence electrons. The molecule has 21 heavy (non-hydrogen) atoms. The van der Waals surface area contributed by atoms with E-state index in [1.165, 1.54) is 6.07 Å². The molecule has 0 aliphatic rings. The van der Waals surface area contributed by atoms with Crippen LogP contribution in [0.5, 0.6) is 5.75 Å². The van der Waals surface area contributed by atoms with Crippen LogP contribution in [0.3, 0.4) is 0 Å². The van der Waals surface area contributed by atoms with Crippen molar-refractivity contribution >= 4 is 11.6 Å². The molecule has 2 nitrogen and oxygen atoms in total. The number of benzene rings is 2. The van der Waals surface area contributed by atoms with Crippen LogP contribution in [0.25, 0.3) is 0 Å². The van der Waals surface area contributed by atoms with Gasteiger partial charge in [-0.25, -0.2) is 8.78 Å². The SMILES string of the molecule is COc1ccc(Cl)cc1CNC(C)c1cc(F)ccc1F. The fourth-order valence-corrected chi connectivity index (χ4v) is 2.30. The van der Waals surface area contributed by atoms with E-state index < -0.39 is 11.6 Å². The van der Waals surface area contributed by atoms with Gasteiger partial charge in [-0.3, -0.25) is 0 Å². The van der Waals surface area contributed by atoms with Crippen LogP contribution in [-0.2, 0) is 6.54 Å². The molecule has 1 N–H and O–H groups in total. The van der Waals surface area contributed by atoms with Crippen molar-refractivity contribution in [3.05, 3.63) is 64.2 Å². The first-order chi connectivity index (χ1) is 10.0. The minimum absolute atomic E-state index is 0.288. The zero-order chi connectivity index (χ0) is 15.4. The summed E-state index contributed by atoms with van der Waals surface area (Å²) in [6, 6.07) is 8.37. The van der Waals surface area contributed by atoms with Gasteiger partial charge in [-0.05, 0) is 43.3 Å². The monoisotopic (exact) mass is 311 g/mol. The van der Waals surface area contributed by atoms with E-state index in [1.54, 1.807) is 32.2 Å². The molecule has 2 rings (SSSR count). The van der Waals surface area contributed by atoms with Crippen molar-refractivity contribution in [1.29, 1.82) is 0 Å². The van der Waals surface area contributed by atoms with Gasteiger partial charge >= 0.3 is 0 Å². The third-order valence-corrected chi connectivity index (χ3v) is 3.50. The summed E-state index contributed by atoms with van der Waals surface area (Å²) in [5.74, 6) is -0.200. The number of hydrogen-bond donors (Lipinski definition) is 1. The molecule has 0 bridgehead atoms. The van der Waals surface area contributed by atoms with Crippen molar-refractivity contribution in [2.45, 2.75) is 19.5 Å². The molecule has 1 unspecified atom stereocenters. The molecule has 0 heterocycles. The van der Waals surface area contributed by atoms with Gasteiger partial charge in [-0.2, -0.15) is 0 Å². The number of rotatable bonds is 5. The molecule has 0 aliphatic carbocycles. The molecule has 2 aromatic carbocycles. The summed E-state index contributed by atoms with van der Waals surface area (Å²) in [6.07, 6.45) is 0. The molecular weight excluding hydrogens is 296 g/mol. The van der Waals surface area contributed by atoms with Gasteiger partial charge in [0.05, 0.1) is 7.11 Å². The molecule has 1 atom stereocenters. The minimum Gasteiger partial charge on any atom is -0.496 e. The number of ether oxygens (including phenoxy) is 1. The van der Waals surface area contributed by atoms with E-state index in [9.17, 15) is 8.78 Å². The van der Waals surface area contributed by atoms with Crippen molar-refractivity contribution in [2.75, 3.05) is 7.11 Å². The Hall–Kier alpha value is -1.65. The normalized spacial score (nSPS) is 12.2. The summed E-state index contributed by atoms with van der Waals surface area (Å²) in [4.78, 5) is 0. The van der Waals surface area contributed by atoms with E-state index >= 15 is 0 Å². The van der Waals surface area contributed by atoms with Crippen LogP contribution in [0.2, 0.25) is 5.02 Å². The summed E-state index contributed by atoms with van der Waals surface area (Å²) in [7, 11) is 1.57. The predicted octanol–water partition coefficient (Wildman–Crippen LogP) is 4.48. The van der Waals surface area contributed by atoms with Gasteiger partial charge in [0.2, 0.25) is 0 Å². The molecule has 0 spiro atoms. The van der Waals surface area contributed by atoms with Gasteiger partial charge in [0.1, 0.15) is 17.4 Å². The molecule has 0 amide bonds. The van der Waals surface area contributed by atoms with E-state index in [-0.39, 0.29) is 11.6 Å². The molecule has 0 radical (unpaired) electrons. The van der Waals surface area contributed by atoms with E-state index in [0.29, 0.717) is 17.3 Å². The first-order valence-electron chi connectivity index (χ1n) is 6.52. The third kappa shape index (κ3) is 3.93. The first kappa shape index (κ1) is 15.7. The topological polar surface area (TPSA) is 21.3 Å². The predicted molar refractivity (Wildman–Crippen MR) is 79.6 cm³/mol. The van der Waals surface area contributed by atoms with Crippen LogP contribution >= 0.6 is 11.6 Å². The largest absolute Gasteiger partial charge is 0.496 e. The summed E-state index contributed by atoms with van der Waals surface area (Å²) in [6.45, 7) is 2.20. The van der Waals surface area contributed by atoms with Crippen LogP contribution in [0.4, 0.5) is 8.78 Å². The van der Waals surface area contributed by atoms with Gasteiger partial charge in [-0.15, -0.1) is 0 Å². The van der Waals surface area contributed by atoms with Crippen molar-refractivity contribution in [1.82, 2.24) is 5.32 Å². The van der Waals surface area contributed by atoms with Gasteiger partial charge in [0.15, 0.2) is 0 Å². The highest BCUT2D eigenvalue weighted by Crippen LogP contribution is 2.24. The van der Waals surface area contributed by atoms with Crippen LogP contribution in [0.15, 0.2) is 36.4 Å². The fraction of sp³-hybridized carbons (Fsp3) is 0.250. The lowest BCUT2D eigenvalue weighted by Crippen LogP contribution is -2.19. The summed E-state index contributed by atoms with van der Waals surface area (Å²) < 4.78 is 32.2. The highest BCUT2D eigenvalue weighted by Gasteiger charge is 2.13. The van der Waals surface area contributed by atoms with Gasteiger partial charge < -0.3 is 10.1 Å². The Bertz CT molecular complexity index is 634. The standard InChI is InChI=1S/C16H16ClF2NO/c1-10(14-8-13(18)4-5-15(14)19)20-9-11-7-12(17)3-6-16(11)21-2/h3-8,10,20H,9H2,1-2H3. The highest BCUT2D eigenvalue weighted by molar-refractivity contribution is 6.30. The van der Waals surface area contributed by atoms with Crippen LogP contribution in [0.1, 0.15) is 24.1 Å². The molecule has 0 aliphatic heterocycles. The Morgan fingerprint density at radius 3 is 2.67 bits per heavy atom. The first-order valence-corrected chi connectivity index (χ1v) is 6.90. The number of methoxy groups -OCH3 is 1. The van der Waals surface area contributed by atoms with E-state index in [1.807, 2.05) is 0 Å². The average molecular weight is 312 g/mol. The lowest BCUT2D eigenvalue weighted by Gasteiger charge is -2.16. The second kappa shape index (κ2) is 6.87. The summed E-state index contributed by atoms with van der Waals surface area (Å²) in [5.41, 5.74) is 1.14. The Morgan fingerprint density at radius 1 is 1.19 bits per heavy atom. The van der Waals surface area contributed by atoms with E-state index in [0.717, 1.165) is 17.7 Å². The van der Waals surface area contributed by atoms with Gasteiger partial charge in [0, 0.05) is 28.7 Å². The average Bonchev–Trinajstić information content (AvgIpc) is 2.47. The zero-order valence-electron chi connectivity index (χ0n) is 11.8. The lowest BCUT2D eigenvalue weighted by atomic mass is 10.1. The molecular formula is C16H16ClF2NO. The second-order valence-electron chi connectivity index (χ2n) is 4.72. The van der Waals surface area contributed by atoms with Crippen LogP contribution in [-0.4, -0.2) is 7.11 Å². The van der Waals surface area contributed by atoms with Crippen LogP contribution < -0.4 is 10.1 Å². The molecule has 0 saturated carbocycles. The number of halogens is 3. The van der Waals surface area contributed by atoms with Crippen molar-refractivity contribution in [2.24, 2.45) is 0 Å². The Morgan fingerprint density at radius 2 is 1.95 bits per heavy atom. The maximum Gasteiger partial charge on any atom is 0.128 e. The number of hydrogen-bond acceptors (Lipinski definition) is 2. The highest BCUT2D eigenvalue weighted by atomic mass is 35.5. The van der Waals surface area contributed by atoms with Crippen molar-refractivity contribution in [3.63, 3.8) is 0 Å². The Kier molecular flexibility index (Phi) is 5.15. The van der Waals surface area contributed by atoms with E-state index in [2.05, 4.69) is 5.32 Å². The fourth-order valence-electron chi connectivity index (χ4n) is 2.10.